The van der Waals surface area contributed by atoms with E-state index in [0.717, 1.165) is 27.8 Å². The maximum absolute atomic E-state index is 12.8. The van der Waals surface area contributed by atoms with Crippen LogP contribution < -0.4 is 4.72 Å². The number of hydrogen-bond acceptors (Lipinski definition) is 3. The highest BCUT2D eigenvalue weighted by atomic mass is 32.2. The highest BCUT2D eigenvalue weighted by Crippen LogP contribution is 2.25. The third-order valence-electron chi connectivity index (χ3n) is 4.89. The van der Waals surface area contributed by atoms with E-state index < -0.39 is 10.0 Å². The molecule has 0 aromatic heterocycles. The van der Waals surface area contributed by atoms with Crippen molar-refractivity contribution in [3.05, 3.63) is 64.2 Å². The summed E-state index contributed by atoms with van der Waals surface area (Å²) in [7, 11) is -1.94. The van der Waals surface area contributed by atoms with Gasteiger partial charge in [-0.3, -0.25) is 4.79 Å². The molecule has 5 nitrogen and oxygen atoms in total. The van der Waals surface area contributed by atoms with Gasteiger partial charge < -0.3 is 4.90 Å². The second-order valence-corrected chi connectivity index (χ2v) is 8.68. The van der Waals surface area contributed by atoms with Gasteiger partial charge in [-0.05, 0) is 55.5 Å². The van der Waals surface area contributed by atoms with Crippen LogP contribution in [0.4, 0.5) is 0 Å². The van der Waals surface area contributed by atoms with Gasteiger partial charge in [0.25, 0.3) is 0 Å². The topological polar surface area (TPSA) is 66.5 Å². The predicted octanol–water partition coefficient (Wildman–Crippen LogP) is 3.25. The number of rotatable bonds is 7. The van der Waals surface area contributed by atoms with Gasteiger partial charge >= 0.3 is 0 Å². The average Bonchev–Trinajstić information content (AvgIpc) is 2.60. The quantitative estimate of drug-likeness (QED) is 0.792. The summed E-state index contributed by atoms with van der Waals surface area (Å²) in [5, 5.41) is 0. The molecular formula is C21H28N2O3S. The zero-order valence-electron chi connectivity index (χ0n) is 16.7. The molecule has 0 atom stereocenters. The Kier molecular flexibility index (Phi) is 6.78. The minimum atomic E-state index is -3.67. The molecule has 0 aliphatic heterocycles. The molecule has 2 aromatic rings. The van der Waals surface area contributed by atoms with Gasteiger partial charge in [-0.25, -0.2) is 13.1 Å². The summed E-state index contributed by atoms with van der Waals surface area (Å²) in [5.74, 6) is -0.101. The Morgan fingerprint density at radius 1 is 1.00 bits per heavy atom. The number of hydrogen-bond donors (Lipinski definition) is 1. The molecule has 0 aliphatic carbocycles. The van der Waals surface area contributed by atoms with Crippen LogP contribution in [0.25, 0.3) is 0 Å². The van der Waals surface area contributed by atoms with Crippen LogP contribution in [-0.4, -0.2) is 32.8 Å². The van der Waals surface area contributed by atoms with Crippen molar-refractivity contribution < 1.29 is 13.2 Å². The molecule has 1 amide bonds. The lowest BCUT2D eigenvalue weighted by molar-refractivity contribution is -0.130. The SMILES string of the molecule is Cc1cc(C)c(C)c(S(=O)(=O)NCCC(=O)N(C)Cc2ccccc2)c1C. The van der Waals surface area contributed by atoms with Gasteiger partial charge in [-0.1, -0.05) is 36.4 Å². The van der Waals surface area contributed by atoms with Crippen molar-refractivity contribution >= 4 is 15.9 Å². The Hall–Kier alpha value is -2.18. The number of nitrogens with one attached hydrogen (secondary N) is 1. The summed E-state index contributed by atoms with van der Waals surface area (Å²) >= 11 is 0. The number of amides is 1. The molecule has 0 heterocycles. The Morgan fingerprint density at radius 3 is 2.11 bits per heavy atom. The lowest BCUT2D eigenvalue weighted by Gasteiger charge is -2.18. The number of nitrogens with zero attached hydrogens (tertiary/aromatic N) is 1. The van der Waals surface area contributed by atoms with Crippen molar-refractivity contribution in [1.29, 1.82) is 0 Å². The van der Waals surface area contributed by atoms with Gasteiger partial charge in [-0.2, -0.15) is 0 Å². The molecule has 0 aliphatic rings. The summed E-state index contributed by atoms with van der Waals surface area (Å²) in [6.07, 6.45) is 0.117. The number of carbonyl (C=O) groups is 1. The van der Waals surface area contributed by atoms with Gasteiger partial charge in [0.15, 0.2) is 0 Å². The maximum Gasteiger partial charge on any atom is 0.241 e. The molecule has 0 spiro atoms. The van der Waals surface area contributed by atoms with Crippen molar-refractivity contribution in [2.24, 2.45) is 0 Å². The molecule has 2 rings (SSSR count). The van der Waals surface area contributed by atoms with Crippen LogP contribution in [0.15, 0.2) is 41.3 Å². The van der Waals surface area contributed by atoms with Crippen molar-refractivity contribution in [3.63, 3.8) is 0 Å². The van der Waals surface area contributed by atoms with E-state index in [4.69, 9.17) is 0 Å². The van der Waals surface area contributed by atoms with Gasteiger partial charge in [0.05, 0.1) is 4.90 Å². The van der Waals surface area contributed by atoms with E-state index in [0.29, 0.717) is 11.4 Å². The standard InChI is InChI=1S/C21H28N2O3S/c1-15-13-16(2)18(4)21(17(15)3)27(25,26)22-12-11-20(24)23(5)14-19-9-7-6-8-10-19/h6-10,13,22H,11-12,14H2,1-5H3. The molecular weight excluding hydrogens is 360 g/mol. The predicted molar refractivity (Wildman–Crippen MR) is 108 cm³/mol. The molecule has 0 saturated heterocycles. The highest BCUT2D eigenvalue weighted by molar-refractivity contribution is 7.89. The minimum absolute atomic E-state index is 0.0756. The zero-order chi connectivity index (χ0) is 20.2. The Morgan fingerprint density at radius 2 is 1.56 bits per heavy atom. The van der Waals surface area contributed by atoms with Crippen molar-refractivity contribution in [2.75, 3.05) is 13.6 Å². The van der Waals surface area contributed by atoms with E-state index >= 15 is 0 Å². The smallest absolute Gasteiger partial charge is 0.241 e. The molecule has 146 valence electrons. The van der Waals surface area contributed by atoms with Crippen LogP contribution in [0, 0.1) is 27.7 Å². The first-order chi connectivity index (χ1) is 12.6. The first kappa shape index (κ1) is 21.1. The molecule has 0 bridgehead atoms. The van der Waals surface area contributed by atoms with Crippen molar-refractivity contribution in [3.8, 4) is 0 Å². The monoisotopic (exact) mass is 388 g/mol. The van der Waals surface area contributed by atoms with E-state index in [9.17, 15) is 13.2 Å². The van der Waals surface area contributed by atoms with Gasteiger partial charge in [0.2, 0.25) is 15.9 Å². The van der Waals surface area contributed by atoms with E-state index in [1.165, 1.54) is 0 Å². The first-order valence-corrected chi connectivity index (χ1v) is 10.5. The molecule has 0 saturated carbocycles. The van der Waals surface area contributed by atoms with E-state index in [2.05, 4.69) is 4.72 Å². The van der Waals surface area contributed by atoms with Crippen LogP contribution in [0.3, 0.4) is 0 Å². The van der Waals surface area contributed by atoms with Gasteiger partial charge in [0.1, 0.15) is 0 Å². The lowest BCUT2D eigenvalue weighted by Crippen LogP contribution is -2.32. The molecule has 27 heavy (non-hydrogen) atoms. The number of aryl methyl sites for hydroxylation is 2. The van der Waals surface area contributed by atoms with E-state index in [1.807, 2.05) is 64.1 Å². The molecule has 1 N–H and O–H groups in total. The summed E-state index contributed by atoms with van der Waals surface area (Å²) in [6.45, 7) is 8.02. The fourth-order valence-corrected chi connectivity index (χ4v) is 4.73. The first-order valence-electron chi connectivity index (χ1n) is 8.98. The fourth-order valence-electron chi connectivity index (χ4n) is 3.08. The fraction of sp³-hybridized carbons (Fsp3) is 0.381. The maximum atomic E-state index is 12.8. The average molecular weight is 389 g/mol. The Bertz CT molecular complexity index is 896. The van der Waals surface area contributed by atoms with Crippen LogP contribution in [-0.2, 0) is 21.4 Å². The molecule has 2 aromatic carbocycles. The van der Waals surface area contributed by atoms with Gasteiger partial charge in [-0.15, -0.1) is 0 Å². The summed E-state index contributed by atoms with van der Waals surface area (Å²) in [4.78, 5) is 14.2. The number of sulfonamides is 1. The van der Waals surface area contributed by atoms with Crippen LogP contribution in [0.2, 0.25) is 0 Å². The van der Waals surface area contributed by atoms with E-state index in [-0.39, 0.29) is 18.9 Å². The van der Waals surface area contributed by atoms with Crippen LogP contribution in [0.5, 0.6) is 0 Å². The normalized spacial score (nSPS) is 11.4. The molecule has 0 unspecified atom stereocenters. The van der Waals surface area contributed by atoms with Crippen LogP contribution in [0.1, 0.15) is 34.2 Å². The largest absolute Gasteiger partial charge is 0.341 e. The van der Waals surface area contributed by atoms with Gasteiger partial charge in [0, 0.05) is 26.6 Å². The number of carbonyl (C=O) groups excluding carboxylic acids is 1. The molecule has 0 fully saturated rings. The highest BCUT2D eigenvalue weighted by Gasteiger charge is 2.22. The molecule has 0 radical (unpaired) electrons. The Balaban J connectivity index is 2.01. The minimum Gasteiger partial charge on any atom is -0.341 e. The second kappa shape index (κ2) is 8.67. The third kappa shape index (κ3) is 5.17. The Labute approximate surface area is 162 Å². The van der Waals surface area contributed by atoms with Crippen molar-refractivity contribution in [1.82, 2.24) is 9.62 Å². The van der Waals surface area contributed by atoms with Crippen LogP contribution >= 0.6 is 0 Å². The number of benzene rings is 2. The third-order valence-corrected chi connectivity index (χ3v) is 6.62. The summed E-state index contributed by atoms with van der Waals surface area (Å²) in [6, 6.07) is 11.7. The molecule has 6 heteroatoms. The second-order valence-electron chi connectivity index (χ2n) is 6.97. The summed E-state index contributed by atoms with van der Waals surface area (Å²) < 4.78 is 28.2. The van der Waals surface area contributed by atoms with E-state index in [1.54, 1.807) is 11.9 Å². The lowest BCUT2D eigenvalue weighted by atomic mass is 10.0. The summed E-state index contributed by atoms with van der Waals surface area (Å²) in [5.41, 5.74) is 4.42. The van der Waals surface area contributed by atoms with Crippen molar-refractivity contribution in [2.45, 2.75) is 45.6 Å². The zero-order valence-corrected chi connectivity index (χ0v) is 17.5.